The van der Waals surface area contributed by atoms with E-state index in [9.17, 15) is 4.79 Å². The number of oxazole rings is 1. The molecule has 3 heterocycles. The third-order valence-corrected chi connectivity index (χ3v) is 5.08. The van der Waals surface area contributed by atoms with Crippen molar-refractivity contribution in [2.24, 2.45) is 0 Å². The van der Waals surface area contributed by atoms with Gasteiger partial charge in [-0.1, -0.05) is 12.1 Å². The van der Waals surface area contributed by atoms with Gasteiger partial charge < -0.3 is 18.6 Å². The van der Waals surface area contributed by atoms with Gasteiger partial charge >= 0.3 is 0 Å². The standard InChI is InChI=1S/C21H24N4O3/c1-27-18-6-2-4-16(10-18)11-19-12-23-21(28-19)17-5-3-8-25(13-17)20(26)14-24-9-7-22-15-24/h2,4,6-7,9-10,12,15,17H,3,5,8,11,13-14H2,1H3. The smallest absolute Gasteiger partial charge is 0.242 e. The van der Waals surface area contributed by atoms with E-state index in [0.717, 1.165) is 42.4 Å². The lowest BCUT2D eigenvalue weighted by Gasteiger charge is -2.31. The first-order chi connectivity index (χ1) is 13.7. The molecular formula is C21H24N4O3. The van der Waals surface area contributed by atoms with Crippen LogP contribution in [0.25, 0.3) is 0 Å². The van der Waals surface area contributed by atoms with Gasteiger partial charge in [-0.25, -0.2) is 9.97 Å². The Hall–Kier alpha value is -3.09. The van der Waals surface area contributed by atoms with Gasteiger partial charge in [-0.05, 0) is 30.5 Å². The summed E-state index contributed by atoms with van der Waals surface area (Å²) >= 11 is 0. The largest absolute Gasteiger partial charge is 0.497 e. The van der Waals surface area contributed by atoms with Crippen molar-refractivity contribution in [3.63, 3.8) is 0 Å². The monoisotopic (exact) mass is 380 g/mol. The van der Waals surface area contributed by atoms with Crippen molar-refractivity contribution in [3.8, 4) is 5.75 Å². The molecule has 1 saturated heterocycles. The Labute approximate surface area is 164 Å². The molecule has 0 spiro atoms. The van der Waals surface area contributed by atoms with Gasteiger partial charge in [0.2, 0.25) is 5.91 Å². The van der Waals surface area contributed by atoms with Crippen LogP contribution in [-0.4, -0.2) is 45.5 Å². The number of amides is 1. The van der Waals surface area contributed by atoms with Gasteiger partial charge in [0.05, 0.1) is 25.6 Å². The number of likely N-dealkylation sites (tertiary alicyclic amines) is 1. The highest BCUT2D eigenvalue weighted by atomic mass is 16.5. The number of ether oxygens (including phenoxy) is 1. The highest BCUT2D eigenvalue weighted by Gasteiger charge is 2.27. The van der Waals surface area contributed by atoms with Crippen molar-refractivity contribution < 1.29 is 13.9 Å². The summed E-state index contributed by atoms with van der Waals surface area (Å²) < 4.78 is 13.1. The fourth-order valence-corrected chi connectivity index (χ4v) is 3.62. The zero-order chi connectivity index (χ0) is 19.3. The van der Waals surface area contributed by atoms with Crippen molar-refractivity contribution >= 4 is 5.91 Å². The summed E-state index contributed by atoms with van der Waals surface area (Å²) in [6.07, 6.45) is 9.54. The maximum Gasteiger partial charge on any atom is 0.242 e. The van der Waals surface area contributed by atoms with E-state index in [1.165, 1.54) is 0 Å². The fourth-order valence-electron chi connectivity index (χ4n) is 3.62. The van der Waals surface area contributed by atoms with Crippen LogP contribution in [0.5, 0.6) is 5.75 Å². The van der Waals surface area contributed by atoms with Crippen molar-refractivity contribution in [2.45, 2.75) is 31.7 Å². The van der Waals surface area contributed by atoms with Crippen LogP contribution in [0.3, 0.4) is 0 Å². The Bertz CT molecular complexity index is 919. The number of carbonyl (C=O) groups is 1. The molecule has 1 fully saturated rings. The van der Waals surface area contributed by atoms with Crippen LogP contribution in [0.1, 0.15) is 36.0 Å². The van der Waals surface area contributed by atoms with Gasteiger partial charge in [-0.2, -0.15) is 0 Å². The number of hydrogen-bond donors (Lipinski definition) is 0. The van der Waals surface area contributed by atoms with E-state index in [1.54, 1.807) is 36.6 Å². The zero-order valence-electron chi connectivity index (χ0n) is 16.0. The van der Waals surface area contributed by atoms with Gasteiger partial charge in [0.15, 0.2) is 5.89 Å². The molecule has 2 aromatic heterocycles. The summed E-state index contributed by atoms with van der Waals surface area (Å²) in [5.74, 6) is 2.62. The number of benzene rings is 1. The number of nitrogens with zero attached hydrogens (tertiary/aromatic N) is 4. The third-order valence-electron chi connectivity index (χ3n) is 5.08. The molecule has 0 bridgehead atoms. The minimum absolute atomic E-state index is 0.103. The lowest BCUT2D eigenvalue weighted by atomic mass is 9.98. The first kappa shape index (κ1) is 18.3. The molecule has 7 nitrogen and oxygen atoms in total. The molecule has 1 amide bonds. The number of imidazole rings is 1. The Morgan fingerprint density at radius 2 is 2.32 bits per heavy atom. The van der Waals surface area contributed by atoms with E-state index in [4.69, 9.17) is 9.15 Å². The number of methoxy groups -OCH3 is 1. The second-order valence-electron chi connectivity index (χ2n) is 7.11. The van der Waals surface area contributed by atoms with Crippen molar-refractivity contribution in [1.82, 2.24) is 19.4 Å². The van der Waals surface area contributed by atoms with Crippen molar-refractivity contribution in [3.05, 3.63) is 66.4 Å². The summed E-state index contributed by atoms with van der Waals surface area (Å²) in [7, 11) is 1.66. The maximum atomic E-state index is 12.6. The number of aromatic nitrogens is 3. The van der Waals surface area contributed by atoms with Crippen LogP contribution in [-0.2, 0) is 17.8 Å². The normalized spacial score (nSPS) is 16.9. The maximum absolute atomic E-state index is 12.6. The van der Waals surface area contributed by atoms with Gasteiger partial charge in [-0.3, -0.25) is 4.79 Å². The number of rotatable bonds is 6. The first-order valence-electron chi connectivity index (χ1n) is 9.52. The van der Waals surface area contributed by atoms with Crippen LogP contribution in [0.15, 0.2) is 53.6 Å². The molecular weight excluding hydrogens is 356 g/mol. The average molecular weight is 380 g/mol. The molecule has 0 aliphatic carbocycles. The Kier molecular flexibility index (Phi) is 5.41. The molecule has 0 radical (unpaired) electrons. The lowest BCUT2D eigenvalue weighted by molar-refractivity contribution is -0.133. The average Bonchev–Trinajstić information content (AvgIpc) is 3.40. The minimum Gasteiger partial charge on any atom is -0.497 e. The fraction of sp³-hybridized carbons (Fsp3) is 0.381. The first-order valence-corrected chi connectivity index (χ1v) is 9.52. The second-order valence-corrected chi connectivity index (χ2v) is 7.11. The minimum atomic E-state index is 0.103. The van der Waals surface area contributed by atoms with Crippen LogP contribution >= 0.6 is 0 Å². The molecule has 146 valence electrons. The quantitative estimate of drug-likeness (QED) is 0.657. The second kappa shape index (κ2) is 8.29. The molecule has 4 rings (SSSR count). The Balaban J connectivity index is 1.39. The van der Waals surface area contributed by atoms with Crippen molar-refractivity contribution in [1.29, 1.82) is 0 Å². The highest BCUT2D eigenvalue weighted by molar-refractivity contribution is 5.76. The summed E-state index contributed by atoms with van der Waals surface area (Å²) in [6.45, 7) is 1.74. The molecule has 1 atom stereocenters. The lowest BCUT2D eigenvalue weighted by Crippen LogP contribution is -2.40. The third kappa shape index (κ3) is 4.24. The van der Waals surface area contributed by atoms with E-state index < -0.39 is 0 Å². The number of piperidine rings is 1. The van der Waals surface area contributed by atoms with Gasteiger partial charge in [-0.15, -0.1) is 0 Å². The van der Waals surface area contributed by atoms with E-state index >= 15 is 0 Å². The highest BCUT2D eigenvalue weighted by Crippen LogP contribution is 2.27. The molecule has 1 aliphatic rings. The number of hydrogen-bond acceptors (Lipinski definition) is 5. The zero-order valence-corrected chi connectivity index (χ0v) is 16.0. The molecule has 1 aliphatic heterocycles. The molecule has 7 heteroatoms. The predicted molar refractivity (Wildman–Crippen MR) is 103 cm³/mol. The van der Waals surface area contributed by atoms with Gasteiger partial charge in [0.1, 0.15) is 18.1 Å². The van der Waals surface area contributed by atoms with Crippen LogP contribution < -0.4 is 4.74 Å². The molecule has 3 aromatic rings. The number of carbonyl (C=O) groups excluding carboxylic acids is 1. The van der Waals surface area contributed by atoms with Crippen LogP contribution in [0.2, 0.25) is 0 Å². The van der Waals surface area contributed by atoms with E-state index in [0.29, 0.717) is 19.5 Å². The SMILES string of the molecule is COc1cccc(Cc2cnc(C3CCCN(C(=O)Cn4ccnc4)C3)o2)c1. The topological polar surface area (TPSA) is 73.4 Å². The van der Waals surface area contributed by atoms with Crippen LogP contribution in [0, 0.1) is 0 Å². The summed E-state index contributed by atoms with van der Waals surface area (Å²) in [4.78, 5) is 23.0. The van der Waals surface area contributed by atoms with Crippen molar-refractivity contribution in [2.75, 3.05) is 20.2 Å². The molecule has 0 saturated carbocycles. The molecule has 28 heavy (non-hydrogen) atoms. The Morgan fingerprint density at radius 3 is 3.14 bits per heavy atom. The van der Waals surface area contributed by atoms with E-state index in [1.807, 2.05) is 29.2 Å². The van der Waals surface area contributed by atoms with Gasteiger partial charge in [0.25, 0.3) is 0 Å². The molecule has 0 N–H and O–H groups in total. The van der Waals surface area contributed by atoms with E-state index in [2.05, 4.69) is 9.97 Å². The summed E-state index contributed by atoms with van der Waals surface area (Å²) in [6, 6.07) is 7.93. The van der Waals surface area contributed by atoms with Crippen LogP contribution in [0.4, 0.5) is 0 Å². The Morgan fingerprint density at radius 1 is 1.39 bits per heavy atom. The van der Waals surface area contributed by atoms with E-state index in [-0.39, 0.29) is 11.8 Å². The molecule has 1 unspecified atom stereocenters. The summed E-state index contributed by atoms with van der Waals surface area (Å²) in [5.41, 5.74) is 1.11. The van der Waals surface area contributed by atoms with Gasteiger partial charge in [0, 0.05) is 31.9 Å². The molecule has 1 aromatic carbocycles. The summed E-state index contributed by atoms with van der Waals surface area (Å²) in [5, 5.41) is 0. The predicted octanol–water partition coefficient (Wildman–Crippen LogP) is 2.88.